The van der Waals surface area contributed by atoms with Crippen molar-refractivity contribution in [3.63, 3.8) is 0 Å². The van der Waals surface area contributed by atoms with E-state index in [9.17, 15) is 8.42 Å². The van der Waals surface area contributed by atoms with Crippen LogP contribution in [0.3, 0.4) is 0 Å². The minimum absolute atomic E-state index is 0.0716. The number of hydrogen-bond acceptors (Lipinski definition) is 7. The van der Waals surface area contributed by atoms with E-state index in [1.54, 1.807) is 31.4 Å². The van der Waals surface area contributed by atoms with Crippen molar-refractivity contribution in [1.29, 1.82) is 0 Å². The maximum Gasteiger partial charge on any atom is 0.245 e. The van der Waals surface area contributed by atoms with Crippen LogP contribution in [0.1, 0.15) is 29.6 Å². The van der Waals surface area contributed by atoms with Gasteiger partial charge >= 0.3 is 0 Å². The molecule has 0 aliphatic carbocycles. The topological polar surface area (TPSA) is 98.2 Å². The Balaban J connectivity index is 1.70. The summed E-state index contributed by atoms with van der Waals surface area (Å²) >= 11 is 12.6. The summed E-state index contributed by atoms with van der Waals surface area (Å²) < 4.78 is 45.8. The molecular formula is C25H25Cl2N3O5S. The van der Waals surface area contributed by atoms with Crippen LogP contribution in [0.5, 0.6) is 17.2 Å². The van der Waals surface area contributed by atoms with E-state index >= 15 is 0 Å². The third-order valence-electron chi connectivity index (χ3n) is 5.84. The minimum atomic E-state index is -4.11. The summed E-state index contributed by atoms with van der Waals surface area (Å²) in [5.41, 5.74) is 5.16. The van der Waals surface area contributed by atoms with E-state index < -0.39 is 16.1 Å². The number of halogens is 2. The van der Waals surface area contributed by atoms with Crippen LogP contribution in [0, 0.1) is 0 Å². The largest absolute Gasteiger partial charge is 0.497 e. The van der Waals surface area contributed by atoms with Crippen LogP contribution in [0.2, 0.25) is 10.0 Å². The molecule has 0 saturated carbocycles. The van der Waals surface area contributed by atoms with Gasteiger partial charge in [0.15, 0.2) is 0 Å². The van der Waals surface area contributed by atoms with Gasteiger partial charge in [0.25, 0.3) is 0 Å². The summed E-state index contributed by atoms with van der Waals surface area (Å²) in [6.45, 7) is 0. The molecule has 0 bridgehead atoms. The number of rotatable bonds is 9. The summed E-state index contributed by atoms with van der Waals surface area (Å²) in [5.74, 6) is 1.28. The highest BCUT2D eigenvalue weighted by Crippen LogP contribution is 2.35. The van der Waals surface area contributed by atoms with Gasteiger partial charge in [0.1, 0.15) is 22.1 Å². The molecule has 3 aromatic rings. The number of nitrogens with zero attached hydrogens (tertiary/aromatic N) is 1. The fourth-order valence-electron chi connectivity index (χ4n) is 3.93. The third kappa shape index (κ3) is 5.54. The Hall–Kier alpha value is -2.98. The van der Waals surface area contributed by atoms with E-state index in [0.29, 0.717) is 33.5 Å². The number of nitrogens with one attached hydrogen (secondary N) is 2. The normalized spacial score (nSPS) is 16.1. The molecule has 1 aliphatic heterocycles. The van der Waals surface area contributed by atoms with Crippen LogP contribution in [0.25, 0.3) is 0 Å². The predicted molar refractivity (Wildman–Crippen MR) is 140 cm³/mol. The zero-order valence-electron chi connectivity index (χ0n) is 19.8. The fourth-order valence-corrected chi connectivity index (χ4v) is 5.84. The molecule has 0 spiro atoms. The number of hydrogen-bond donors (Lipinski definition) is 2. The fraction of sp³-hybridized carbons (Fsp3) is 0.240. The second-order valence-electron chi connectivity index (χ2n) is 8.00. The lowest BCUT2D eigenvalue weighted by molar-refractivity contribution is 0.392. The minimum Gasteiger partial charge on any atom is -0.497 e. The van der Waals surface area contributed by atoms with Crippen molar-refractivity contribution in [3.8, 4) is 17.2 Å². The van der Waals surface area contributed by atoms with Gasteiger partial charge in [0.2, 0.25) is 10.0 Å². The Kier molecular flexibility index (Phi) is 7.94. The molecule has 1 heterocycles. The molecule has 36 heavy (non-hydrogen) atoms. The van der Waals surface area contributed by atoms with E-state index in [1.807, 2.05) is 24.3 Å². The Morgan fingerprint density at radius 1 is 0.944 bits per heavy atom. The first-order chi connectivity index (χ1) is 17.2. The predicted octanol–water partition coefficient (Wildman–Crippen LogP) is 5.13. The number of methoxy groups -OCH3 is 3. The molecule has 0 radical (unpaired) electrons. The molecule has 0 fully saturated rings. The second-order valence-corrected chi connectivity index (χ2v) is 10.5. The Labute approximate surface area is 220 Å². The van der Waals surface area contributed by atoms with Gasteiger partial charge in [-0.1, -0.05) is 41.4 Å². The smallest absolute Gasteiger partial charge is 0.245 e. The van der Waals surface area contributed by atoms with E-state index in [4.69, 9.17) is 37.4 Å². The van der Waals surface area contributed by atoms with Crippen LogP contribution in [0.4, 0.5) is 0 Å². The van der Waals surface area contributed by atoms with Crippen molar-refractivity contribution in [2.24, 2.45) is 5.10 Å². The van der Waals surface area contributed by atoms with Crippen LogP contribution in [-0.2, 0) is 10.0 Å². The van der Waals surface area contributed by atoms with Gasteiger partial charge in [-0.3, -0.25) is 0 Å². The number of sulfonamides is 1. The highest BCUT2D eigenvalue weighted by atomic mass is 35.5. The number of ether oxygens (including phenoxy) is 3. The molecule has 0 amide bonds. The van der Waals surface area contributed by atoms with Gasteiger partial charge in [-0.25, -0.2) is 8.42 Å². The molecule has 4 rings (SSSR count). The van der Waals surface area contributed by atoms with Gasteiger partial charge in [-0.05, 0) is 47.5 Å². The Bertz CT molecular complexity index is 1380. The van der Waals surface area contributed by atoms with E-state index in [2.05, 4.69) is 15.2 Å². The average molecular weight is 550 g/mol. The SMILES string of the molecule is COc1ccc(C2CC(C(NS(=O)(=O)c3cc(OC)ccc3OC)c3ccc(Cl)cc3Cl)=NN2)cc1. The standard InChI is InChI=1S/C25H25Cl2N3O5S/c1-33-17-7-4-15(5-8-17)21-14-22(29-28-21)25(19-10-6-16(26)12-20(19)27)30-36(31,32)24-13-18(34-2)9-11-23(24)35-3/h4-13,21,25,28,30H,14H2,1-3H3. The molecule has 0 aromatic heterocycles. The van der Waals surface area contributed by atoms with Crippen molar-refractivity contribution >= 4 is 38.9 Å². The van der Waals surface area contributed by atoms with E-state index in [-0.39, 0.29) is 16.7 Å². The van der Waals surface area contributed by atoms with Crippen LogP contribution >= 0.6 is 23.2 Å². The van der Waals surface area contributed by atoms with Gasteiger partial charge in [0, 0.05) is 22.5 Å². The zero-order chi connectivity index (χ0) is 25.9. The monoisotopic (exact) mass is 549 g/mol. The zero-order valence-corrected chi connectivity index (χ0v) is 22.1. The average Bonchev–Trinajstić information content (AvgIpc) is 3.37. The van der Waals surface area contributed by atoms with Gasteiger partial charge < -0.3 is 19.6 Å². The molecule has 11 heteroatoms. The first-order valence-corrected chi connectivity index (χ1v) is 13.1. The first kappa shape index (κ1) is 26.1. The molecule has 1 aliphatic rings. The van der Waals surface area contributed by atoms with Crippen molar-refractivity contribution in [2.45, 2.75) is 23.4 Å². The molecular weight excluding hydrogens is 525 g/mol. The highest BCUT2D eigenvalue weighted by molar-refractivity contribution is 7.89. The molecule has 2 atom stereocenters. The molecule has 2 N–H and O–H groups in total. The first-order valence-electron chi connectivity index (χ1n) is 10.9. The van der Waals surface area contributed by atoms with Crippen LogP contribution in [-0.4, -0.2) is 35.5 Å². The third-order valence-corrected chi connectivity index (χ3v) is 7.84. The second kappa shape index (κ2) is 11.0. The summed E-state index contributed by atoms with van der Waals surface area (Å²) in [6, 6.07) is 16.0. The molecule has 8 nitrogen and oxygen atoms in total. The molecule has 3 aromatic carbocycles. The van der Waals surface area contributed by atoms with Gasteiger partial charge in [-0.15, -0.1) is 0 Å². The molecule has 2 unspecified atom stereocenters. The summed E-state index contributed by atoms with van der Waals surface area (Å²) in [4.78, 5) is -0.0716. The van der Waals surface area contributed by atoms with Gasteiger partial charge in [0.05, 0.1) is 39.1 Å². The maximum atomic E-state index is 13.6. The van der Waals surface area contributed by atoms with Crippen LogP contribution in [0.15, 0.2) is 70.7 Å². The summed E-state index contributed by atoms with van der Waals surface area (Å²) in [6.07, 6.45) is 0.438. The van der Waals surface area contributed by atoms with Crippen molar-refractivity contribution in [1.82, 2.24) is 10.1 Å². The quantitative estimate of drug-likeness (QED) is 0.384. The van der Waals surface area contributed by atoms with E-state index in [1.165, 1.54) is 26.4 Å². The Morgan fingerprint density at radius 2 is 1.64 bits per heavy atom. The summed E-state index contributed by atoms with van der Waals surface area (Å²) in [7, 11) is 0.355. The van der Waals surface area contributed by atoms with Crippen molar-refractivity contribution < 1.29 is 22.6 Å². The lowest BCUT2D eigenvalue weighted by atomic mass is 9.96. The molecule has 0 saturated heterocycles. The maximum absolute atomic E-state index is 13.6. The van der Waals surface area contributed by atoms with E-state index in [0.717, 1.165) is 11.3 Å². The number of hydrazone groups is 1. The molecule has 190 valence electrons. The lowest BCUT2D eigenvalue weighted by Crippen LogP contribution is -2.34. The number of benzene rings is 3. The highest BCUT2D eigenvalue weighted by Gasteiger charge is 2.33. The Morgan fingerprint density at radius 3 is 2.28 bits per heavy atom. The van der Waals surface area contributed by atoms with Crippen molar-refractivity contribution in [2.75, 3.05) is 21.3 Å². The van der Waals surface area contributed by atoms with Crippen LogP contribution < -0.4 is 24.4 Å². The van der Waals surface area contributed by atoms with Crippen molar-refractivity contribution in [3.05, 3.63) is 81.8 Å². The summed E-state index contributed by atoms with van der Waals surface area (Å²) in [5, 5.41) is 5.23. The lowest BCUT2D eigenvalue weighted by Gasteiger charge is -2.22. The van der Waals surface area contributed by atoms with Gasteiger partial charge in [-0.2, -0.15) is 9.82 Å².